The molecule has 2 atom stereocenters. The van der Waals surface area contributed by atoms with E-state index in [2.05, 4.69) is 6.92 Å². The highest BCUT2D eigenvalue weighted by Gasteiger charge is 2.17. The first-order valence-corrected chi connectivity index (χ1v) is 6.21. The molecule has 0 aromatic heterocycles. The summed E-state index contributed by atoms with van der Waals surface area (Å²) in [5.74, 6) is 0.309. The van der Waals surface area contributed by atoms with Crippen molar-refractivity contribution in [3.63, 3.8) is 0 Å². The van der Waals surface area contributed by atoms with Crippen LogP contribution >= 0.6 is 0 Å². The molecule has 3 nitrogen and oxygen atoms in total. The van der Waals surface area contributed by atoms with E-state index in [4.69, 9.17) is 5.73 Å². The standard InChI is InChI=1S/C14H23NO2/c1-4-5-6-12(16)13(15)11-7-9(2)14(17)10(3)8-11/h7-8,12-13,16-17H,4-6,15H2,1-3H3/t12-,13+/m0/s1. The molecule has 0 unspecified atom stereocenters. The summed E-state index contributed by atoms with van der Waals surface area (Å²) in [5, 5.41) is 19.7. The Labute approximate surface area is 103 Å². The molecule has 1 aromatic rings. The lowest BCUT2D eigenvalue weighted by atomic mass is 9.95. The van der Waals surface area contributed by atoms with Gasteiger partial charge in [-0.1, -0.05) is 31.9 Å². The van der Waals surface area contributed by atoms with E-state index in [-0.39, 0.29) is 6.04 Å². The number of hydrogen-bond acceptors (Lipinski definition) is 3. The highest BCUT2D eigenvalue weighted by molar-refractivity contribution is 5.43. The van der Waals surface area contributed by atoms with Crippen molar-refractivity contribution < 1.29 is 10.2 Å². The molecule has 4 N–H and O–H groups in total. The molecule has 96 valence electrons. The Kier molecular flexibility index (Phi) is 4.97. The van der Waals surface area contributed by atoms with Crippen molar-refractivity contribution in [2.45, 2.75) is 52.2 Å². The van der Waals surface area contributed by atoms with Crippen molar-refractivity contribution in [3.05, 3.63) is 28.8 Å². The van der Waals surface area contributed by atoms with Gasteiger partial charge in [0.25, 0.3) is 0 Å². The maximum Gasteiger partial charge on any atom is 0.121 e. The summed E-state index contributed by atoms with van der Waals surface area (Å²) in [6, 6.07) is 3.32. The Morgan fingerprint density at radius 1 is 1.24 bits per heavy atom. The van der Waals surface area contributed by atoms with Crippen molar-refractivity contribution in [2.24, 2.45) is 5.73 Å². The van der Waals surface area contributed by atoms with Crippen molar-refractivity contribution in [1.29, 1.82) is 0 Å². The number of aliphatic hydroxyl groups is 1. The molecule has 0 fully saturated rings. The molecule has 3 heteroatoms. The molecular formula is C14H23NO2. The molecule has 1 aromatic carbocycles. The summed E-state index contributed by atoms with van der Waals surface area (Å²) in [6.45, 7) is 5.78. The van der Waals surface area contributed by atoms with Crippen LogP contribution in [0.5, 0.6) is 5.75 Å². The first kappa shape index (κ1) is 14.0. The van der Waals surface area contributed by atoms with Gasteiger partial charge in [0.2, 0.25) is 0 Å². The van der Waals surface area contributed by atoms with E-state index in [1.807, 2.05) is 26.0 Å². The molecule has 0 bridgehead atoms. The van der Waals surface area contributed by atoms with Crippen LogP contribution in [0.2, 0.25) is 0 Å². The third-order valence-corrected chi connectivity index (χ3v) is 3.17. The van der Waals surface area contributed by atoms with Crippen LogP contribution in [0.4, 0.5) is 0 Å². The third kappa shape index (κ3) is 3.45. The van der Waals surface area contributed by atoms with E-state index >= 15 is 0 Å². The van der Waals surface area contributed by atoms with Crippen molar-refractivity contribution in [1.82, 2.24) is 0 Å². The highest BCUT2D eigenvalue weighted by Crippen LogP contribution is 2.27. The van der Waals surface area contributed by atoms with Crippen LogP contribution in [0, 0.1) is 13.8 Å². The summed E-state index contributed by atoms with van der Waals surface area (Å²) in [4.78, 5) is 0. The minimum Gasteiger partial charge on any atom is -0.507 e. The minimum atomic E-state index is -0.515. The zero-order valence-electron chi connectivity index (χ0n) is 10.9. The molecule has 0 aliphatic heterocycles. The maximum absolute atomic E-state index is 9.97. The van der Waals surface area contributed by atoms with E-state index in [9.17, 15) is 10.2 Å². The lowest BCUT2D eigenvalue weighted by molar-refractivity contribution is 0.132. The highest BCUT2D eigenvalue weighted by atomic mass is 16.3. The van der Waals surface area contributed by atoms with Gasteiger partial charge in [-0.3, -0.25) is 0 Å². The second kappa shape index (κ2) is 6.03. The van der Waals surface area contributed by atoms with Crippen LogP contribution < -0.4 is 5.73 Å². The predicted octanol–water partition coefficient (Wildman–Crippen LogP) is 2.56. The topological polar surface area (TPSA) is 66.5 Å². The number of aryl methyl sites for hydroxylation is 2. The number of phenolic OH excluding ortho intramolecular Hbond substituents is 1. The Hall–Kier alpha value is -1.06. The number of phenols is 1. The van der Waals surface area contributed by atoms with Gasteiger partial charge in [-0.2, -0.15) is 0 Å². The Morgan fingerprint density at radius 2 is 1.76 bits per heavy atom. The number of nitrogens with two attached hydrogens (primary N) is 1. The SMILES string of the molecule is CCCC[C@H](O)[C@H](N)c1cc(C)c(O)c(C)c1. The number of benzene rings is 1. The molecule has 0 spiro atoms. The van der Waals surface area contributed by atoms with E-state index < -0.39 is 6.10 Å². The van der Waals surface area contributed by atoms with Crippen molar-refractivity contribution in [3.8, 4) is 5.75 Å². The van der Waals surface area contributed by atoms with Crippen molar-refractivity contribution in [2.75, 3.05) is 0 Å². The predicted molar refractivity (Wildman–Crippen MR) is 70.0 cm³/mol. The second-order valence-electron chi connectivity index (χ2n) is 4.74. The lowest BCUT2D eigenvalue weighted by Crippen LogP contribution is -2.26. The number of hydrogen-bond donors (Lipinski definition) is 3. The van der Waals surface area contributed by atoms with Gasteiger partial charge in [-0.25, -0.2) is 0 Å². The van der Waals surface area contributed by atoms with Gasteiger partial charge in [0, 0.05) is 0 Å². The summed E-state index contributed by atoms with van der Waals surface area (Å²) in [7, 11) is 0. The molecular weight excluding hydrogens is 214 g/mol. The fourth-order valence-electron chi connectivity index (χ4n) is 2.00. The minimum absolute atomic E-state index is 0.309. The van der Waals surface area contributed by atoms with E-state index in [0.717, 1.165) is 36.0 Å². The molecule has 0 amide bonds. The lowest BCUT2D eigenvalue weighted by Gasteiger charge is -2.20. The van der Waals surface area contributed by atoms with Gasteiger partial charge in [0.05, 0.1) is 12.1 Å². The van der Waals surface area contributed by atoms with E-state index in [0.29, 0.717) is 5.75 Å². The smallest absolute Gasteiger partial charge is 0.121 e. The van der Waals surface area contributed by atoms with E-state index in [1.54, 1.807) is 0 Å². The van der Waals surface area contributed by atoms with Gasteiger partial charge < -0.3 is 15.9 Å². The number of unbranched alkanes of at least 4 members (excludes halogenated alkanes) is 1. The van der Waals surface area contributed by atoms with Crippen molar-refractivity contribution >= 4 is 0 Å². The average Bonchev–Trinajstić information content (AvgIpc) is 2.31. The summed E-state index contributed by atoms with van der Waals surface area (Å²) in [6.07, 6.45) is 2.23. The van der Waals surface area contributed by atoms with Gasteiger partial charge in [-0.15, -0.1) is 0 Å². The van der Waals surface area contributed by atoms with E-state index in [1.165, 1.54) is 0 Å². The molecule has 0 saturated carbocycles. The molecule has 1 rings (SSSR count). The monoisotopic (exact) mass is 237 g/mol. The van der Waals surface area contributed by atoms with Crippen LogP contribution in [-0.4, -0.2) is 16.3 Å². The number of aliphatic hydroxyl groups excluding tert-OH is 1. The van der Waals surface area contributed by atoms with Gasteiger partial charge >= 0.3 is 0 Å². The fourth-order valence-corrected chi connectivity index (χ4v) is 2.00. The molecule has 0 saturated heterocycles. The zero-order chi connectivity index (χ0) is 13.0. The molecule has 0 heterocycles. The van der Waals surface area contributed by atoms with Gasteiger partial charge in [-0.05, 0) is 37.0 Å². The zero-order valence-corrected chi connectivity index (χ0v) is 10.9. The number of aromatic hydroxyl groups is 1. The molecule has 17 heavy (non-hydrogen) atoms. The van der Waals surface area contributed by atoms with Gasteiger partial charge in [0.15, 0.2) is 0 Å². The van der Waals surface area contributed by atoms with Crippen LogP contribution in [0.1, 0.15) is 48.9 Å². The molecule has 0 aliphatic rings. The fraction of sp³-hybridized carbons (Fsp3) is 0.571. The average molecular weight is 237 g/mol. The molecule has 0 aliphatic carbocycles. The third-order valence-electron chi connectivity index (χ3n) is 3.17. The first-order chi connectivity index (χ1) is 7.97. The Bertz CT molecular complexity index is 353. The van der Waals surface area contributed by atoms with Crippen LogP contribution in [-0.2, 0) is 0 Å². The van der Waals surface area contributed by atoms with Crippen LogP contribution in [0.15, 0.2) is 12.1 Å². The van der Waals surface area contributed by atoms with Crippen LogP contribution in [0.25, 0.3) is 0 Å². The molecule has 0 radical (unpaired) electrons. The number of rotatable bonds is 5. The first-order valence-electron chi connectivity index (χ1n) is 6.21. The Morgan fingerprint density at radius 3 is 2.24 bits per heavy atom. The quantitative estimate of drug-likeness (QED) is 0.737. The summed E-state index contributed by atoms with van der Waals surface area (Å²) < 4.78 is 0. The maximum atomic E-state index is 9.97. The largest absolute Gasteiger partial charge is 0.507 e. The normalized spacial score (nSPS) is 14.6. The summed E-state index contributed by atoms with van der Waals surface area (Å²) >= 11 is 0. The Balaban J connectivity index is 2.85. The van der Waals surface area contributed by atoms with Crippen LogP contribution in [0.3, 0.4) is 0 Å². The second-order valence-corrected chi connectivity index (χ2v) is 4.74. The van der Waals surface area contributed by atoms with Gasteiger partial charge in [0.1, 0.15) is 5.75 Å². The summed E-state index contributed by atoms with van der Waals surface area (Å²) in [5.41, 5.74) is 8.53.